The van der Waals surface area contributed by atoms with Gasteiger partial charge in [0.1, 0.15) is 11.4 Å². The third kappa shape index (κ3) is 2.50. The maximum Gasteiger partial charge on any atom is 0.339 e. The van der Waals surface area contributed by atoms with Crippen LogP contribution in [-0.4, -0.2) is 33.3 Å². The van der Waals surface area contributed by atoms with E-state index in [1.165, 1.54) is 17.2 Å². The van der Waals surface area contributed by atoms with Gasteiger partial charge in [-0.2, -0.15) is 0 Å². The smallest absolute Gasteiger partial charge is 0.339 e. The standard InChI is InChI=1S/C10H8Br2N2O3/c11-5-1-7(10(16)17)9(13-3-5)14-4-6(12)2-8(14)15/h1,3,6H,2,4H2,(H,16,17). The van der Waals surface area contributed by atoms with Crippen LogP contribution < -0.4 is 4.90 Å². The first kappa shape index (κ1) is 12.5. The number of aromatic nitrogens is 1. The summed E-state index contributed by atoms with van der Waals surface area (Å²) in [6.45, 7) is 0.438. The van der Waals surface area contributed by atoms with Crippen molar-refractivity contribution in [1.82, 2.24) is 4.98 Å². The van der Waals surface area contributed by atoms with Gasteiger partial charge in [0.15, 0.2) is 0 Å². The first-order valence-electron chi connectivity index (χ1n) is 4.82. The molecule has 1 N–H and O–H groups in total. The number of alkyl halides is 1. The monoisotopic (exact) mass is 362 g/mol. The summed E-state index contributed by atoms with van der Waals surface area (Å²) in [5, 5.41) is 9.09. The van der Waals surface area contributed by atoms with Crippen molar-refractivity contribution < 1.29 is 14.7 Å². The first-order valence-corrected chi connectivity index (χ1v) is 6.53. The summed E-state index contributed by atoms with van der Waals surface area (Å²) in [4.78, 5) is 28.3. The Hall–Kier alpha value is -0.950. The van der Waals surface area contributed by atoms with Gasteiger partial charge in [-0.3, -0.25) is 9.69 Å². The zero-order valence-corrected chi connectivity index (χ0v) is 11.7. The lowest BCUT2D eigenvalue weighted by molar-refractivity contribution is -0.117. The summed E-state index contributed by atoms with van der Waals surface area (Å²) < 4.78 is 0.570. The van der Waals surface area contributed by atoms with Gasteiger partial charge >= 0.3 is 5.97 Å². The van der Waals surface area contributed by atoms with Crippen molar-refractivity contribution >= 4 is 49.6 Å². The number of aromatic carboxylic acids is 1. The van der Waals surface area contributed by atoms with E-state index in [0.717, 1.165) is 0 Å². The molecular weight excluding hydrogens is 356 g/mol. The Balaban J connectivity index is 2.45. The van der Waals surface area contributed by atoms with Crippen molar-refractivity contribution in [3.63, 3.8) is 0 Å². The Bertz CT molecular complexity index is 492. The molecule has 90 valence electrons. The molecule has 7 heteroatoms. The zero-order chi connectivity index (χ0) is 12.6. The maximum absolute atomic E-state index is 11.7. The minimum Gasteiger partial charge on any atom is -0.478 e. The van der Waals surface area contributed by atoms with Gasteiger partial charge < -0.3 is 5.11 Å². The van der Waals surface area contributed by atoms with Crippen LogP contribution in [0.2, 0.25) is 0 Å². The predicted molar refractivity (Wildman–Crippen MR) is 68.6 cm³/mol. The number of carboxylic acids is 1. The van der Waals surface area contributed by atoms with Crippen LogP contribution in [-0.2, 0) is 4.79 Å². The van der Waals surface area contributed by atoms with Crippen LogP contribution in [0.25, 0.3) is 0 Å². The lowest BCUT2D eigenvalue weighted by Crippen LogP contribution is -2.27. The SMILES string of the molecule is O=C(O)c1cc(Br)cnc1N1CC(Br)CC1=O. The molecular formula is C10H8Br2N2O3. The van der Waals surface area contributed by atoms with Crippen LogP contribution in [0.1, 0.15) is 16.8 Å². The Kier molecular flexibility index (Phi) is 3.48. The molecule has 0 saturated carbocycles. The zero-order valence-electron chi connectivity index (χ0n) is 8.56. The first-order chi connectivity index (χ1) is 7.99. The van der Waals surface area contributed by atoms with Gasteiger partial charge in [-0.15, -0.1) is 0 Å². The van der Waals surface area contributed by atoms with E-state index in [4.69, 9.17) is 5.11 Å². The summed E-state index contributed by atoms with van der Waals surface area (Å²) in [6.07, 6.45) is 1.84. The molecule has 1 saturated heterocycles. The molecule has 0 spiro atoms. The highest BCUT2D eigenvalue weighted by molar-refractivity contribution is 9.10. The fourth-order valence-electron chi connectivity index (χ4n) is 1.67. The Labute approximate surface area is 114 Å². The number of carbonyl (C=O) groups is 2. The van der Waals surface area contributed by atoms with Gasteiger partial charge in [0.2, 0.25) is 5.91 Å². The molecule has 1 aliphatic rings. The maximum atomic E-state index is 11.7. The molecule has 5 nitrogen and oxygen atoms in total. The Morgan fingerprint density at radius 2 is 2.29 bits per heavy atom. The number of amides is 1. The number of rotatable bonds is 2. The van der Waals surface area contributed by atoms with Gasteiger partial charge in [0.25, 0.3) is 0 Å². The van der Waals surface area contributed by atoms with E-state index in [2.05, 4.69) is 36.8 Å². The van der Waals surface area contributed by atoms with Crippen LogP contribution in [0.15, 0.2) is 16.7 Å². The van der Waals surface area contributed by atoms with Gasteiger partial charge in [-0.1, -0.05) is 15.9 Å². The number of carbonyl (C=O) groups excluding carboxylic acids is 1. The van der Waals surface area contributed by atoms with Crippen molar-refractivity contribution in [3.8, 4) is 0 Å². The summed E-state index contributed by atoms with van der Waals surface area (Å²) in [6, 6.07) is 1.44. The van der Waals surface area contributed by atoms with Crippen LogP contribution in [0.3, 0.4) is 0 Å². The fourth-order valence-corrected chi connectivity index (χ4v) is 2.57. The number of hydrogen-bond donors (Lipinski definition) is 1. The average molecular weight is 364 g/mol. The average Bonchev–Trinajstić information content (AvgIpc) is 2.57. The molecule has 0 radical (unpaired) electrons. The molecule has 2 rings (SSSR count). The Morgan fingerprint density at radius 3 is 2.82 bits per heavy atom. The summed E-state index contributed by atoms with van der Waals surface area (Å²) >= 11 is 6.51. The van der Waals surface area contributed by atoms with E-state index in [1.807, 2.05) is 0 Å². The van der Waals surface area contributed by atoms with Crippen molar-refractivity contribution in [2.45, 2.75) is 11.2 Å². The van der Waals surface area contributed by atoms with Crippen molar-refractivity contribution in [3.05, 3.63) is 22.3 Å². The fraction of sp³-hybridized carbons (Fsp3) is 0.300. The summed E-state index contributed by atoms with van der Waals surface area (Å²) in [5.41, 5.74) is 0.0225. The number of pyridine rings is 1. The van der Waals surface area contributed by atoms with Crippen molar-refractivity contribution in [1.29, 1.82) is 0 Å². The lowest BCUT2D eigenvalue weighted by atomic mass is 10.2. The van der Waals surface area contributed by atoms with E-state index in [0.29, 0.717) is 17.4 Å². The highest BCUT2D eigenvalue weighted by atomic mass is 79.9. The molecule has 1 unspecified atom stereocenters. The number of anilines is 1. The van der Waals surface area contributed by atoms with Gasteiger partial charge in [0.05, 0.1) is 0 Å². The van der Waals surface area contributed by atoms with Gasteiger partial charge in [0, 0.05) is 28.5 Å². The highest BCUT2D eigenvalue weighted by Gasteiger charge is 2.32. The van der Waals surface area contributed by atoms with Crippen LogP contribution >= 0.6 is 31.9 Å². The van der Waals surface area contributed by atoms with Gasteiger partial charge in [-0.05, 0) is 22.0 Å². The molecule has 17 heavy (non-hydrogen) atoms. The summed E-state index contributed by atoms with van der Waals surface area (Å²) in [7, 11) is 0. The molecule has 0 aliphatic carbocycles. The third-order valence-corrected chi connectivity index (χ3v) is 3.44. The second kappa shape index (κ2) is 4.73. The molecule has 2 heterocycles. The largest absolute Gasteiger partial charge is 0.478 e. The molecule has 1 aromatic heterocycles. The van der Waals surface area contributed by atoms with Crippen LogP contribution in [0.5, 0.6) is 0 Å². The summed E-state index contributed by atoms with van der Waals surface area (Å²) in [5.74, 6) is -1.02. The van der Waals surface area contributed by atoms with Crippen LogP contribution in [0.4, 0.5) is 5.82 Å². The third-order valence-electron chi connectivity index (χ3n) is 2.40. The number of carboxylic acid groups (broad SMARTS) is 1. The number of halogens is 2. The van der Waals surface area contributed by atoms with Gasteiger partial charge in [-0.25, -0.2) is 9.78 Å². The lowest BCUT2D eigenvalue weighted by Gasteiger charge is -2.16. The van der Waals surface area contributed by atoms with Crippen LogP contribution in [0, 0.1) is 0 Å². The van der Waals surface area contributed by atoms with E-state index >= 15 is 0 Å². The highest BCUT2D eigenvalue weighted by Crippen LogP contribution is 2.28. The molecule has 1 aliphatic heterocycles. The predicted octanol–water partition coefficient (Wildman–Crippen LogP) is 2.04. The van der Waals surface area contributed by atoms with E-state index in [-0.39, 0.29) is 22.1 Å². The molecule has 0 aromatic carbocycles. The second-order valence-corrected chi connectivity index (χ2v) is 5.85. The molecule has 1 amide bonds. The second-order valence-electron chi connectivity index (χ2n) is 3.64. The number of hydrogen-bond acceptors (Lipinski definition) is 3. The van der Waals surface area contributed by atoms with Crippen molar-refractivity contribution in [2.75, 3.05) is 11.4 Å². The molecule has 1 fully saturated rings. The van der Waals surface area contributed by atoms with E-state index < -0.39 is 5.97 Å². The minimum atomic E-state index is -1.10. The number of nitrogens with zero attached hydrogens (tertiary/aromatic N) is 2. The van der Waals surface area contributed by atoms with E-state index in [9.17, 15) is 9.59 Å². The molecule has 1 aromatic rings. The topological polar surface area (TPSA) is 70.5 Å². The van der Waals surface area contributed by atoms with E-state index in [1.54, 1.807) is 0 Å². The quantitative estimate of drug-likeness (QED) is 0.816. The van der Waals surface area contributed by atoms with Crippen molar-refractivity contribution in [2.24, 2.45) is 0 Å². The Morgan fingerprint density at radius 1 is 1.59 bits per heavy atom. The normalized spacial score (nSPS) is 19.8. The minimum absolute atomic E-state index is 0.0225. The molecule has 1 atom stereocenters. The molecule has 0 bridgehead atoms.